The summed E-state index contributed by atoms with van der Waals surface area (Å²) < 4.78 is 31.6. The van der Waals surface area contributed by atoms with E-state index in [4.69, 9.17) is 4.74 Å². The highest BCUT2D eigenvalue weighted by Gasteiger charge is 2.21. The van der Waals surface area contributed by atoms with Gasteiger partial charge in [-0.1, -0.05) is 22.0 Å². The predicted octanol–water partition coefficient (Wildman–Crippen LogP) is 3.25. The van der Waals surface area contributed by atoms with Crippen LogP contribution in [0.4, 0.5) is 11.4 Å². The van der Waals surface area contributed by atoms with Crippen LogP contribution >= 0.6 is 15.9 Å². The van der Waals surface area contributed by atoms with E-state index in [-0.39, 0.29) is 6.54 Å². The zero-order chi connectivity index (χ0) is 18.4. The molecule has 8 heteroatoms. The van der Waals surface area contributed by atoms with Gasteiger partial charge in [0.05, 0.1) is 18.6 Å². The molecule has 0 heterocycles. The third-order valence-corrected chi connectivity index (χ3v) is 4.90. The lowest BCUT2D eigenvalue weighted by molar-refractivity contribution is -0.114. The van der Waals surface area contributed by atoms with Crippen LogP contribution in [0.5, 0.6) is 5.75 Å². The number of hydrogen-bond acceptors (Lipinski definition) is 4. The summed E-state index contributed by atoms with van der Waals surface area (Å²) in [5, 5.41) is 2.68. The number of carbonyl (C=O) groups excluding carboxylic acids is 1. The minimum absolute atomic E-state index is 0.329. The second-order valence-corrected chi connectivity index (χ2v) is 8.08. The van der Waals surface area contributed by atoms with E-state index >= 15 is 0 Å². The molecule has 2 aromatic carbocycles. The van der Waals surface area contributed by atoms with Crippen LogP contribution in [-0.2, 0) is 14.8 Å². The summed E-state index contributed by atoms with van der Waals surface area (Å²) in [7, 11) is -3.63. The maximum Gasteiger partial charge on any atom is 0.245 e. The summed E-state index contributed by atoms with van der Waals surface area (Å²) in [5.41, 5.74) is 0.962. The topological polar surface area (TPSA) is 75.7 Å². The Morgan fingerprint density at radius 3 is 2.48 bits per heavy atom. The zero-order valence-corrected chi connectivity index (χ0v) is 16.3. The second-order valence-electron chi connectivity index (χ2n) is 5.26. The fraction of sp³-hybridized carbons (Fsp3) is 0.235. The Morgan fingerprint density at radius 2 is 1.88 bits per heavy atom. The van der Waals surface area contributed by atoms with Crippen LogP contribution in [0.2, 0.25) is 0 Å². The minimum Gasteiger partial charge on any atom is -0.494 e. The van der Waals surface area contributed by atoms with Gasteiger partial charge < -0.3 is 10.1 Å². The van der Waals surface area contributed by atoms with Crippen LogP contribution < -0.4 is 14.4 Å². The molecule has 0 radical (unpaired) electrons. The summed E-state index contributed by atoms with van der Waals surface area (Å²) in [5.74, 6) is 0.108. The standard InChI is InChI=1S/C17H19BrN2O4S/c1-3-24-16-6-4-5-15(11-16)20(25(2,22)23)12-17(21)19-14-9-7-13(18)8-10-14/h4-11H,3,12H2,1-2H3,(H,19,21). The lowest BCUT2D eigenvalue weighted by Crippen LogP contribution is -2.37. The van der Waals surface area contributed by atoms with E-state index < -0.39 is 15.9 Å². The molecule has 1 amide bonds. The number of hydrogen-bond donors (Lipinski definition) is 1. The van der Waals surface area contributed by atoms with Crippen molar-refractivity contribution < 1.29 is 17.9 Å². The van der Waals surface area contributed by atoms with Crippen LogP contribution in [0.15, 0.2) is 53.0 Å². The molecule has 0 unspecified atom stereocenters. The number of carbonyl (C=O) groups is 1. The first-order chi connectivity index (χ1) is 11.8. The largest absolute Gasteiger partial charge is 0.494 e. The van der Waals surface area contributed by atoms with Crippen molar-refractivity contribution in [1.29, 1.82) is 0 Å². The molecular weight excluding hydrogens is 408 g/mol. The van der Waals surface area contributed by atoms with Gasteiger partial charge in [0.2, 0.25) is 15.9 Å². The fourth-order valence-electron chi connectivity index (χ4n) is 2.16. The van der Waals surface area contributed by atoms with Gasteiger partial charge in [0.25, 0.3) is 0 Å². The van der Waals surface area contributed by atoms with E-state index in [0.717, 1.165) is 15.0 Å². The lowest BCUT2D eigenvalue weighted by Gasteiger charge is -2.22. The number of benzene rings is 2. The Labute approximate surface area is 156 Å². The summed E-state index contributed by atoms with van der Waals surface area (Å²) in [6.45, 7) is 1.98. The number of anilines is 2. The molecule has 0 atom stereocenters. The van der Waals surface area contributed by atoms with Crippen molar-refractivity contribution >= 4 is 43.2 Å². The van der Waals surface area contributed by atoms with Crippen LogP contribution in [0.3, 0.4) is 0 Å². The first kappa shape index (κ1) is 19.3. The Balaban J connectivity index is 2.19. The van der Waals surface area contributed by atoms with Crippen molar-refractivity contribution in [3.05, 3.63) is 53.0 Å². The summed E-state index contributed by atoms with van der Waals surface area (Å²) in [6.07, 6.45) is 1.06. The third-order valence-electron chi connectivity index (χ3n) is 3.23. The Kier molecular flexibility index (Phi) is 6.44. The summed E-state index contributed by atoms with van der Waals surface area (Å²) in [4.78, 5) is 12.3. The third kappa shape index (κ3) is 5.75. The van der Waals surface area contributed by atoms with Crippen molar-refractivity contribution in [1.82, 2.24) is 0 Å². The maximum absolute atomic E-state index is 12.3. The molecule has 0 spiro atoms. The average Bonchev–Trinajstić information content (AvgIpc) is 2.54. The molecule has 0 aliphatic heterocycles. The molecule has 25 heavy (non-hydrogen) atoms. The van der Waals surface area contributed by atoms with Gasteiger partial charge >= 0.3 is 0 Å². The molecule has 6 nitrogen and oxygen atoms in total. The Bertz CT molecular complexity index is 838. The number of nitrogens with one attached hydrogen (secondary N) is 1. The summed E-state index contributed by atoms with van der Waals surface area (Å²) in [6, 6.07) is 13.7. The van der Waals surface area contributed by atoms with E-state index in [1.54, 1.807) is 48.5 Å². The number of ether oxygens (including phenoxy) is 1. The van der Waals surface area contributed by atoms with Crippen molar-refractivity contribution in [2.45, 2.75) is 6.92 Å². The molecule has 0 bridgehead atoms. The van der Waals surface area contributed by atoms with E-state index in [0.29, 0.717) is 23.7 Å². The van der Waals surface area contributed by atoms with Crippen LogP contribution in [-0.4, -0.2) is 33.7 Å². The normalized spacial score (nSPS) is 11.0. The molecule has 0 aliphatic carbocycles. The number of sulfonamides is 1. The Morgan fingerprint density at radius 1 is 1.20 bits per heavy atom. The number of amides is 1. The highest BCUT2D eigenvalue weighted by molar-refractivity contribution is 9.10. The summed E-state index contributed by atoms with van der Waals surface area (Å²) >= 11 is 3.32. The fourth-order valence-corrected chi connectivity index (χ4v) is 3.27. The molecule has 0 saturated carbocycles. The maximum atomic E-state index is 12.3. The molecule has 2 rings (SSSR count). The molecule has 134 valence electrons. The highest BCUT2D eigenvalue weighted by Crippen LogP contribution is 2.23. The van der Waals surface area contributed by atoms with E-state index in [1.807, 2.05) is 6.92 Å². The average molecular weight is 427 g/mol. The lowest BCUT2D eigenvalue weighted by atomic mass is 10.3. The zero-order valence-electron chi connectivity index (χ0n) is 13.9. The highest BCUT2D eigenvalue weighted by atomic mass is 79.9. The van der Waals surface area contributed by atoms with Crippen LogP contribution in [0, 0.1) is 0 Å². The minimum atomic E-state index is -3.63. The molecule has 2 aromatic rings. The molecule has 1 N–H and O–H groups in total. The van der Waals surface area contributed by atoms with Gasteiger partial charge in [-0.3, -0.25) is 9.10 Å². The quantitative estimate of drug-likeness (QED) is 0.736. The van der Waals surface area contributed by atoms with E-state index in [9.17, 15) is 13.2 Å². The van der Waals surface area contributed by atoms with Crippen molar-refractivity contribution in [3.8, 4) is 5.75 Å². The van der Waals surface area contributed by atoms with E-state index in [2.05, 4.69) is 21.2 Å². The first-order valence-electron chi connectivity index (χ1n) is 7.55. The smallest absolute Gasteiger partial charge is 0.245 e. The second kappa shape index (κ2) is 8.35. The first-order valence-corrected chi connectivity index (χ1v) is 10.2. The number of rotatable bonds is 7. The van der Waals surface area contributed by atoms with Crippen molar-refractivity contribution in [3.63, 3.8) is 0 Å². The molecule has 0 aliphatic rings. The van der Waals surface area contributed by atoms with Gasteiger partial charge in [-0.25, -0.2) is 8.42 Å². The van der Waals surface area contributed by atoms with Crippen LogP contribution in [0.25, 0.3) is 0 Å². The van der Waals surface area contributed by atoms with Gasteiger partial charge in [0.1, 0.15) is 12.3 Å². The predicted molar refractivity (Wildman–Crippen MR) is 103 cm³/mol. The van der Waals surface area contributed by atoms with Gasteiger partial charge in [-0.2, -0.15) is 0 Å². The van der Waals surface area contributed by atoms with Gasteiger partial charge in [-0.15, -0.1) is 0 Å². The molecule has 0 fully saturated rings. The molecular formula is C17H19BrN2O4S. The van der Waals surface area contributed by atoms with Gasteiger partial charge in [0, 0.05) is 16.2 Å². The monoisotopic (exact) mass is 426 g/mol. The Hall–Kier alpha value is -2.06. The van der Waals surface area contributed by atoms with E-state index in [1.165, 1.54) is 0 Å². The number of nitrogens with zero attached hydrogens (tertiary/aromatic N) is 1. The van der Waals surface area contributed by atoms with Gasteiger partial charge in [-0.05, 0) is 43.3 Å². The number of halogens is 1. The SMILES string of the molecule is CCOc1cccc(N(CC(=O)Nc2ccc(Br)cc2)S(C)(=O)=O)c1. The molecule has 0 saturated heterocycles. The van der Waals surface area contributed by atoms with Crippen molar-refractivity contribution in [2.75, 3.05) is 29.0 Å². The van der Waals surface area contributed by atoms with Crippen molar-refractivity contribution in [2.24, 2.45) is 0 Å². The van der Waals surface area contributed by atoms with Crippen LogP contribution in [0.1, 0.15) is 6.92 Å². The molecule has 0 aromatic heterocycles. The van der Waals surface area contributed by atoms with Gasteiger partial charge in [0.15, 0.2) is 0 Å².